The predicted molar refractivity (Wildman–Crippen MR) is 60.5 cm³/mol. The zero-order valence-electron chi connectivity index (χ0n) is 8.99. The monoisotopic (exact) mass is 240 g/mol. The van der Waals surface area contributed by atoms with Crippen LogP contribution in [0.25, 0.3) is 0 Å². The van der Waals surface area contributed by atoms with Gasteiger partial charge in [-0.2, -0.15) is 0 Å². The van der Waals surface area contributed by atoms with E-state index in [2.05, 4.69) is 20.8 Å². The maximum Gasteiger partial charge on any atom is 0.311 e. The van der Waals surface area contributed by atoms with E-state index < -0.39 is 5.97 Å². The highest BCUT2D eigenvalue weighted by Gasteiger charge is 2.13. The lowest BCUT2D eigenvalue weighted by Crippen LogP contribution is -2.11. The zero-order chi connectivity index (χ0) is 12.0. The Hall–Kier alpha value is -1.55. The number of oxime groups is 1. The highest BCUT2D eigenvalue weighted by molar-refractivity contribution is 6.34. The van der Waals surface area contributed by atoms with E-state index in [-0.39, 0.29) is 6.42 Å². The zero-order valence-corrected chi connectivity index (χ0v) is 9.75. The van der Waals surface area contributed by atoms with Crippen LogP contribution in [0.2, 0.25) is 5.02 Å². The van der Waals surface area contributed by atoms with Crippen LogP contribution in [-0.2, 0) is 14.4 Å². The number of nitrogens with zero attached hydrogens (tertiary/aromatic N) is 1. The van der Waals surface area contributed by atoms with E-state index in [1.54, 1.807) is 18.2 Å². The van der Waals surface area contributed by atoms with E-state index in [9.17, 15) is 4.79 Å². The normalized spacial score (nSPS) is 11.1. The fraction of sp³-hybridized carbons (Fsp3) is 0.273. The molecule has 5 heteroatoms. The standard InChI is InChI=1S/C11H11ClNO3/c1-15-11(14)7-10(13-16-2)8-5-3-4-6-9(8)12/h4-6H,7H2,1-2H3. The molecule has 16 heavy (non-hydrogen) atoms. The Morgan fingerprint density at radius 3 is 2.88 bits per heavy atom. The average Bonchev–Trinajstić information content (AvgIpc) is 2.29. The van der Waals surface area contributed by atoms with Gasteiger partial charge in [-0.1, -0.05) is 22.8 Å². The van der Waals surface area contributed by atoms with E-state index in [1.807, 2.05) is 0 Å². The molecule has 0 spiro atoms. The number of halogens is 1. The number of carbonyl (C=O) groups excluding carboxylic acids is 1. The van der Waals surface area contributed by atoms with Crippen molar-refractivity contribution in [2.24, 2.45) is 5.16 Å². The minimum Gasteiger partial charge on any atom is -0.469 e. The van der Waals surface area contributed by atoms with Gasteiger partial charge in [0.2, 0.25) is 0 Å². The first-order valence-electron chi connectivity index (χ1n) is 4.52. The second kappa shape index (κ2) is 6.12. The number of methoxy groups -OCH3 is 1. The van der Waals surface area contributed by atoms with Crippen LogP contribution in [0.5, 0.6) is 0 Å². The molecule has 0 bridgehead atoms. The SMILES string of the molecule is CON=C(CC(=O)OC)c1c[c]ccc1Cl. The Kier molecular flexibility index (Phi) is 4.79. The Morgan fingerprint density at radius 1 is 1.56 bits per heavy atom. The lowest BCUT2D eigenvalue weighted by Gasteiger charge is -2.06. The molecule has 0 atom stereocenters. The van der Waals surface area contributed by atoms with Crippen molar-refractivity contribution in [1.29, 1.82) is 0 Å². The molecule has 0 saturated heterocycles. The summed E-state index contributed by atoms with van der Waals surface area (Å²) in [5.74, 6) is -0.407. The molecule has 0 N–H and O–H groups in total. The summed E-state index contributed by atoms with van der Waals surface area (Å²) in [7, 11) is 2.71. The molecular formula is C11H11ClNO3. The predicted octanol–water partition coefficient (Wildman–Crippen LogP) is 2.05. The Labute approximate surface area is 98.8 Å². The Bertz CT molecular complexity index is 404. The minimum absolute atomic E-state index is 0.00190. The highest BCUT2D eigenvalue weighted by atomic mass is 35.5. The molecule has 1 aromatic carbocycles. The fourth-order valence-electron chi connectivity index (χ4n) is 1.13. The van der Waals surface area contributed by atoms with Crippen molar-refractivity contribution in [3.8, 4) is 0 Å². The molecule has 0 aliphatic heterocycles. The van der Waals surface area contributed by atoms with Crippen molar-refractivity contribution < 1.29 is 14.4 Å². The van der Waals surface area contributed by atoms with Crippen LogP contribution in [0, 0.1) is 6.07 Å². The van der Waals surface area contributed by atoms with Crippen molar-refractivity contribution in [3.63, 3.8) is 0 Å². The molecular weight excluding hydrogens is 230 g/mol. The number of carbonyl (C=O) groups is 1. The first kappa shape index (κ1) is 12.5. The fourth-order valence-corrected chi connectivity index (χ4v) is 1.35. The topological polar surface area (TPSA) is 47.9 Å². The number of esters is 1. The van der Waals surface area contributed by atoms with Gasteiger partial charge in [0, 0.05) is 10.6 Å². The number of benzene rings is 1. The van der Waals surface area contributed by atoms with Gasteiger partial charge in [0.15, 0.2) is 0 Å². The molecule has 85 valence electrons. The third kappa shape index (κ3) is 3.24. The maximum atomic E-state index is 11.2. The number of hydrogen-bond donors (Lipinski definition) is 0. The van der Waals surface area contributed by atoms with Crippen LogP contribution in [0.15, 0.2) is 23.4 Å². The molecule has 0 aliphatic carbocycles. The second-order valence-electron chi connectivity index (χ2n) is 2.88. The van der Waals surface area contributed by atoms with Gasteiger partial charge in [-0.25, -0.2) is 0 Å². The quantitative estimate of drug-likeness (QED) is 0.460. The van der Waals surface area contributed by atoms with E-state index in [0.29, 0.717) is 16.3 Å². The first-order valence-corrected chi connectivity index (χ1v) is 4.89. The van der Waals surface area contributed by atoms with Gasteiger partial charge in [0.25, 0.3) is 0 Å². The van der Waals surface area contributed by atoms with Gasteiger partial charge < -0.3 is 9.57 Å². The summed E-state index contributed by atoms with van der Waals surface area (Å²) in [5.41, 5.74) is 1.02. The third-order valence-electron chi connectivity index (χ3n) is 1.86. The largest absolute Gasteiger partial charge is 0.469 e. The maximum absolute atomic E-state index is 11.2. The van der Waals surface area contributed by atoms with Gasteiger partial charge in [-0.05, 0) is 18.2 Å². The number of hydrogen-bond acceptors (Lipinski definition) is 4. The van der Waals surface area contributed by atoms with Gasteiger partial charge in [0.1, 0.15) is 7.11 Å². The van der Waals surface area contributed by atoms with Crippen LogP contribution in [-0.4, -0.2) is 25.9 Å². The van der Waals surface area contributed by atoms with Crippen molar-refractivity contribution in [2.75, 3.05) is 14.2 Å². The summed E-state index contributed by atoms with van der Waals surface area (Å²) in [6.07, 6.45) is 0.00190. The molecule has 1 rings (SSSR count). The lowest BCUT2D eigenvalue weighted by atomic mass is 10.1. The summed E-state index contributed by atoms with van der Waals surface area (Å²) in [4.78, 5) is 15.8. The molecule has 0 fully saturated rings. The molecule has 0 saturated carbocycles. The summed E-state index contributed by atoms with van der Waals surface area (Å²) in [6.45, 7) is 0. The van der Waals surface area contributed by atoms with E-state index in [4.69, 9.17) is 11.6 Å². The van der Waals surface area contributed by atoms with Crippen LogP contribution in [0.1, 0.15) is 12.0 Å². The van der Waals surface area contributed by atoms with Gasteiger partial charge in [-0.3, -0.25) is 4.79 Å². The van der Waals surface area contributed by atoms with Crippen molar-refractivity contribution in [2.45, 2.75) is 6.42 Å². The Balaban J connectivity index is 2.99. The van der Waals surface area contributed by atoms with Crippen molar-refractivity contribution in [1.82, 2.24) is 0 Å². The molecule has 0 unspecified atom stereocenters. The molecule has 0 amide bonds. The van der Waals surface area contributed by atoms with Crippen molar-refractivity contribution >= 4 is 23.3 Å². The van der Waals surface area contributed by atoms with Crippen LogP contribution < -0.4 is 0 Å². The van der Waals surface area contributed by atoms with E-state index >= 15 is 0 Å². The number of ether oxygens (including phenoxy) is 1. The summed E-state index contributed by atoms with van der Waals surface area (Å²) < 4.78 is 4.56. The third-order valence-corrected chi connectivity index (χ3v) is 2.19. The van der Waals surface area contributed by atoms with Gasteiger partial charge in [0.05, 0.1) is 19.2 Å². The second-order valence-corrected chi connectivity index (χ2v) is 3.29. The van der Waals surface area contributed by atoms with Crippen LogP contribution in [0.3, 0.4) is 0 Å². The lowest BCUT2D eigenvalue weighted by molar-refractivity contribution is -0.139. The first-order chi connectivity index (χ1) is 7.69. The molecule has 0 aliphatic rings. The smallest absolute Gasteiger partial charge is 0.311 e. The minimum atomic E-state index is -0.407. The Morgan fingerprint density at radius 2 is 2.31 bits per heavy atom. The van der Waals surface area contributed by atoms with E-state index in [0.717, 1.165) is 0 Å². The summed E-state index contributed by atoms with van der Waals surface area (Å²) >= 11 is 5.97. The average molecular weight is 241 g/mol. The highest BCUT2D eigenvalue weighted by Crippen LogP contribution is 2.17. The molecule has 1 aromatic rings. The van der Waals surface area contributed by atoms with Gasteiger partial charge >= 0.3 is 5.97 Å². The molecule has 4 nitrogen and oxygen atoms in total. The van der Waals surface area contributed by atoms with Crippen LogP contribution >= 0.6 is 11.6 Å². The van der Waals surface area contributed by atoms with Crippen LogP contribution in [0.4, 0.5) is 0 Å². The number of rotatable bonds is 4. The van der Waals surface area contributed by atoms with Crippen molar-refractivity contribution in [3.05, 3.63) is 34.9 Å². The molecule has 0 aromatic heterocycles. The summed E-state index contributed by atoms with van der Waals surface area (Å²) in [6, 6.07) is 7.84. The van der Waals surface area contributed by atoms with E-state index in [1.165, 1.54) is 14.2 Å². The molecule has 1 radical (unpaired) electrons. The molecule has 0 heterocycles. The summed E-state index contributed by atoms with van der Waals surface area (Å²) in [5, 5.41) is 4.24. The van der Waals surface area contributed by atoms with Gasteiger partial charge in [-0.15, -0.1) is 0 Å².